The lowest BCUT2D eigenvalue weighted by atomic mass is 10.2. The molecule has 2 fully saturated rings. The lowest BCUT2D eigenvalue weighted by Crippen LogP contribution is -2.48. The van der Waals surface area contributed by atoms with Crippen LogP contribution >= 0.6 is 0 Å². The van der Waals surface area contributed by atoms with Crippen LogP contribution < -0.4 is 5.32 Å². The second kappa shape index (κ2) is 5.35. The fraction of sp³-hybridized carbons (Fsp3) is 0.818. The molecule has 0 bridgehead atoms. The first-order valence-corrected chi connectivity index (χ1v) is 6.19. The summed E-state index contributed by atoms with van der Waals surface area (Å²) < 4.78 is 0. The molecule has 0 aromatic carbocycles. The topological polar surface area (TPSA) is 72.9 Å². The van der Waals surface area contributed by atoms with Gasteiger partial charge in [0, 0.05) is 26.2 Å². The van der Waals surface area contributed by atoms with E-state index in [4.69, 9.17) is 5.11 Å². The highest BCUT2D eigenvalue weighted by molar-refractivity contribution is 5.83. The molecule has 6 heteroatoms. The van der Waals surface area contributed by atoms with E-state index in [-0.39, 0.29) is 6.03 Å². The first kappa shape index (κ1) is 12.2. The summed E-state index contributed by atoms with van der Waals surface area (Å²) in [7, 11) is 0. The number of carbonyl (C=O) groups is 2. The Kier molecular flexibility index (Phi) is 3.83. The van der Waals surface area contributed by atoms with E-state index in [1.807, 2.05) is 0 Å². The summed E-state index contributed by atoms with van der Waals surface area (Å²) >= 11 is 0. The van der Waals surface area contributed by atoms with E-state index in [9.17, 15) is 9.59 Å². The highest BCUT2D eigenvalue weighted by atomic mass is 16.4. The van der Waals surface area contributed by atoms with E-state index in [0.29, 0.717) is 26.1 Å². The first-order chi connectivity index (χ1) is 8.20. The Morgan fingerprint density at radius 3 is 2.71 bits per heavy atom. The summed E-state index contributed by atoms with van der Waals surface area (Å²) in [4.78, 5) is 26.5. The highest BCUT2D eigenvalue weighted by Crippen LogP contribution is 2.19. The Labute approximate surface area is 101 Å². The zero-order valence-electron chi connectivity index (χ0n) is 9.89. The van der Waals surface area contributed by atoms with Crippen molar-refractivity contribution in [2.75, 3.05) is 32.7 Å². The number of carboxylic acid groups (broad SMARTS) is 1. The number of likely N-dealkylation sites (tertiary alicyclic amines) is 1. The number of nitrogens with one attached hydrogen (secondary N) is 1. The average Bonchev–Trinajstić information content (AvgIpc) is 2.64. The molecule has 1 atom stereocenters. The van der Waals surface area contributed by atoms with Crippen LogP contribution in [0.4, 0.5) is 4.79 Å². The van der Waals surface area contributed by atoms with Crippen LogP contribution in [-0.2, 0) is 4.79 Å². The molecule has 0 saturated carbocycles. The molecule has 17 heavy (non-hydrogen) atoms. The van der Waals surface area contributed by atoms with Crippen LogP contribution in [0.5, 0.6) is 0 Å². The smallest absolute Gasteiger partial charge is 0.326 e. The largest absolute Gasteiger partial charge is 0.480 e. The second-order valence-corrected chi connectivity index (χ2v) is 4.56. The van der Waals surface area contributed by atoms with E-state index in [1.54, 1.807) is 4.90 Å². The van der Waals surface area contributed by atoms with Crippen LogP contribution in [-0.4, -0.2) is 65.7 Å². The van der Waals surface area contributed by atoms with Gasteiger partial charge in [0.1, 0.15) is 6.04 Å². The Bertz CT molecular complexity index is 300. The number of aliphatic carboxylic acids is 1. The van der Waals surface area contributed by atoms with Gasteiger partial charge in [0.15, 0.2) is 0 Å². The Morgan fingerprint density at radius 2 is 1.94 bits per heavy atom. The third kappa shape index (κ3) is 2.69. The van der Waals surface area contributed by atoms with E-state index in [0.717, 1.165) is 25.9 Å². The number of hydrogen-bond acceptors (Lipinski definition) is 3. The van der Waals surface area contributed by atoms with Crippen molar-refractivity contribution in [3.63, 3.8) is 0 Å². The summed E-state index contributed by atoms with van der Waals surface area (Å²) in [6, 6.07) is -0.739. The Balaban J connectivity index is 2.00. The maximum atomic E-state index is 12.2. The third-order valence-electron chi connectivity index (χ3n) is 3.39. The Morgan fingerprint density at radius 1 is 1.12 bits per heavy atom. The van der Waals surface area contributed by atoms with Gasteiger partial charge in [0.2, 0.25) is 0 Å². The average molecular weight is 241 g/mol. The molecule has 2 aliphatic rings. The van der Waals surface area contributed by atoms with Gasteiger partial charge in [-0.15, -0.1) is 0 Å². The normalized spacial score (nSPS) is 25.8. The zero-order valence-corrected chi connectivity index (χ0v) is 9.89. The van der Waals surface area contributed by atoms with Crippen LogP contribution in [0.3, 0.4) is 0 Å². The molecule has 2 N–H and O–H groups in total. The van der Waals surface area contributed by atoms with Gasteiger partial charge in [0.25, 0.3) is 0 Å². The minimum absolute atomic E-state index is 0.112. The molecule has 96 valence electrons. The Hall–Kier alpha value is -1.30. The molecular weight excluding hydrogens is 222 g/mol. The van der Waals surface area contributed by atoms with Crippen molar-refractivity contribution >= 4 is 12.0 Å². The van der Waals surface area contributed by atoms with E-state index in [1.165, 1.54) is 4.90 Å². The van der Waals surface area contributed by atoms with Crippen LogP contribution in [0, 0.1) is 0 Å². The number of hydrogen-bond donors (Lipinski definition) is 2. The molecule has 2 amide bonds. The van der Waals surface area contributed by atoms with Crippen LogP contribution in [0.15, 0.2) is 0 Å². The third-order valence-corrected chi connectivity index (χ3v) is 3.39. The number of carboxylic acids is 1. The van der Waals surface area contributed by atoms with Crippen molar-refractivity contribution in [2.24, 2.45) is 0 Å². The van der Waals surface area contributed by atoms with Crippen LogP contribution in [0.25, 0.3) is 0 Å². The van der Waals surface area contributed by atoms with Gasteiger partial charge < -0.3 is 20.2 Å². The molecule has 0 aromatic heterocycles. The van der Waals surface area contributed by atoms with Crippen molar-refractivity contribution in [3.05, 3.63) is 0 Å². The molecule has 2 aliphatic heterocycles. The molecule has 2 saturated heterocycles. The van der Waals surface area contributed by atoms with Gasteiger partial charge in [0.05, 0.1) is 0 Å². The minimum atomic E-state index is -0.885. The molecule has 0 aliphatic carbocycles. The van der Waals surface area contributed by atoms with Crippen molar-refractivity contribution in [1.29, 1.82) is 0 Å². The molecule has 0 aromatic rings. The molecular formula is C11H19N3O3. The van der Waals surface area contributed by atoms with Gasteiger partial charge >= 0.3 is 12.0 Å². The molecule has 2 rings (SSSR count). The van der Waals surface area contributed by atoms with Crippen molar-refractivity contribution < 1.29 is 14.7 Å². The summed E-state index contributed by atoms with van der Waals surface area (Å²) in [6.07, 6.45) is 2.29. The maximum absolute atomic E-state index is 12.2. The SMILES string of the molecule is O=C(O)C1CCCN1C(=O)N1CCCNCC1. The maximum Gasteiger partial charge on any atom is 0.326 e. The number of urea groups is 1. The summed E-state index contributed by atoms with van der Waals surface area (Å²) in [5.41, 5.74) is 0. The highest BCUT2D eigenvalue weighted by Gasteiger charge is 2.36. The van der Waals surface area contributed by atoms with Crippen molar-refractivity contribution in [1.82, 2.24) is 15.1 Å². The van der Waals surface area contributed by atoms with Crippen molar-refractivity contribution in [2.45, 2.75) is 25.3 Å². The lowest BCUT2D eigenvalue weighted by Gasteiger charge is -2.29. The summed E-state index contributed by atoms with van der Waals surface area (Å²) in [5.74, 6) is -0.885. The number of nitrogens with zero attached hydrogens (tertiary/aromatic N) is 2. The number of carbonyl (C=O) groups excluding carboxylic acids is 1. The first-order valence-electron chi connectivity index (χ1n) is 6.19. The van der Waals surface area contributed by atoms with Crippen LogP contribution in [0.1, 0.15) is 19.3 Å². The van der Waals surface area contributed by atoms with Gasteiger partial charge in [-0.1, -0.05) is 0 Å². The van der Waals surface area contributed by atoms with Gasteiger partial charge in [-0.3, -0.25) is 0 Å². The quantitative estimate of drug-likeness (QED) is 0.675. The van der Waals surface area contributed by atoms with Gasteiger partial charge in [-0.25, -0.2) is 9.59 Å². The predicted molar refractivity (Wildman–Crippen MR) is 61.8 cm³/mol. The van der Waals surface area contributed by atoms with Gasteiger partial charge in [-0.2, -0.15) is 0 Å². The fourth-order valence-corrected chi connectivity index (χ4v) is 2.47. The predicted octanol–water partition coefficient (Wildman–Crippen LogP) is -0.0493. The van der Waals surface area contributed by atoms with Crippen LogP contribution in [0.2, 0.25) is 0 Å². The zero-order chi connectivity index (χ0) is 12.3. The van der Waals surface area contributed by atoms with E-state index >= 15 is 0 Å². The fourth-order valence-electron chi connectivity index (χ4n) is 2.47. The molecule has 6 nitrogen and oxygen atoms in total. The summed E-state index contributed by atoms with van der Waals surface area (Å²) in [5, 5.41) is 12.3. The molecule has 2 heterocycles. The van der Waals surface area contributed by atoms with Gasteiger partial charge in [-0.05, 0) is 25.8 Å². The van der Waals surface area contributed by atoms with E-state index < -0.39 is 12.0 Å². The molecule has 0 spiro atoms. The second-order valence-electron chi connectivity index (χ2n) is 4.56. The van der Waals surface area contributed by atoms with Crippen molar-refractivity contribution in [3.8, 4) is 0 Å². The monoisotopic (exact) mass is 241 g/mol. The standard InChI is InChI=1S/C11H19N3O3/c15-10(16)9-3-1-7-14(9)11(17)13-6-2-4-12-5-8-13/h9,12H,1-8H2,(H,15,16). The number of amides is 2. The lowest BCUT2D eigenvalue weighted by molar-refractivity contribution is -0.141. The molecule has 0 radical (unpaired) electrons. The minimum Gasteiger partial charge on any atom is -0.480 e. The summed E-state index contributed by atoms with van der Waals surface area (Å²) in [6.45, 7) is 3.67. The van der Waals surface area contributed by atoms with E-state index in [2.05, 4.69) is 5.32 Å². The number of rotatable bonds is 1. The molecule has 1 unspecified atom stereocenters.